The summed E-state index contributed by atoms with van der Waals surface area (Å²) in [5.74, 6) is 1.05. The molecule has 3 heterocycles. The maximum atomic E-state index is 12.9. The van der Waals surface area contributed by atoms with Crippen molar-refractivity contribution in [2.45, 2.75) is 6.92 Å². The fraction of sp³-hybridized carbons (Fsp3) is 0.148. The number of fused-ring (bicyclic) bond motifs is 1. The number of ether oxygens (including phenoxy) is 1. The third-order valence-electron chi connectivity index (χ3n) is 5.95. The van der Waals surface area contributed by atoms with Crippen LogP contribution in [0.5, 0.6) is 11.5 Å². The van der Waals surface area contributed by atoms with Crippen LogP contribution in [0.4, 0.5) is 5.82 Å². The Morgan fingerprint density at radius 2 is 2.00 bits per heavy atom. The summed E-state index contributed by atoms with van der Waals surface area (Å²) < 4.78 is 7.52. The number of benzene rings is 1. The lowest BCUT2D eigenvalue weighted by molar-refractivity contribution is 0.0955. The van der Waals surface area contributed by atoms with Gasteiger partial charge in [0.2, 0.25) is 0 Å². The predicted octanol–water partition coefficient (Wildman–Crippen LogP) is 3.98. The van der Waals surface area contributed by atoms with Crippen LogP contribution >= 0.6 is 0 Å². The van der Waals surface area contributed by atoms with E-state index in [0.717, 1.165) is 11.3 Å². The lowest BCUT2D eigenvalue weighted by atomic mass is 9.96. The first-order valence-corrected chi connectivity index (χ1v) is 11.4. The highest BCUT2D eigenvalue weighted by Gasteiger charge is 2.18. The van der Waals surface area contributed by atoms with E-state index in [0.29, 0.717) is 40.7 Å². The summed E-state index contributed by atoms with van der Waals surface area (Å²) in [6, 6.07) is 10.2. The van der Waals surface area contributed by atoms with Gasteiger partial charge in [-0.2, -0.15) is 5.10 Å². The van der Waals surface area contributed by atoms with Gasteiger partial charge in [0, 0.05) is 55.3 Å². The molecule has 2 N–H and O–H groups in total. The Morgan fingerprint density at radius 3 is 2.83 bits per heavy atom. The smallest absolute Gasteiger partial charge is 0.275 e. The molecule has 3 aromatic rings. The van der Waals surface area contributed by atoms with Gasteiger partial charge < -0.3 is 15.4 Å². The van der Waals surface area contributed by atoms with Crippen LogP contribution in [-0.4, -0.2) is 38.8 Å². The first kappa shape index (κ1) is 23.0. The van der Waals surface area contributed by atoms with Crippen molar-refractivity contribution in [2.75, 3.05) is 11.9 Å². The van der Waals surface area contributed by atoms with E-state index in [4.69, 9.17) is 4.74 Å². The minimum absolute atomic E-state index is 0.195. The Bertz CT molecular complexity index is 1460. The topological polar surface area (TPSA) is 110 Å². The molecule has 0 radical (unpaired) electrons. The molecule has 0 spiro atoms. The maximum absolute atomic E-state index is 12.9. The molecule has 2 aliphatic rings. The molecular formula is C27H24N6O3. The number of pyridine rings is 1. The van der Waals surface area contributed by atoms with Crippen LogP contribution in [0.1, 0.15) is 26.4 Å². The number of rotatable bonds is 7. The first-order valence-electron chi connectivity index (χ1n) is 11.4. The Hall–Kier alpha value is -4.79. The van der Waals surface area contributed by atoms with Gasteiger partial charge in [0.25, 0.3) is 11.8 Å². The monoisotopic (exact) mass is 480 g/mol. The zero-order valence-corrected chi connectivity index (χ0v) is 19.8. The van der Waals surface area contributed by atoms with E-state index in [9.17, 15) is 9.59 Å². The van der Waals surface area contributed by atoms with Gasteiger partial charge in [0.15, 0.2) is 0 Å². The highest BCUT2D eigenvalue weighted by atomic mass is 16.5. The largest absolute Gasteiger partial charge is 0.457 e. The average molecular weight is 481 g/mol. The van der Waals surface area contributed by atoms with Crippen molar-refractivity contribution in [1.82, 2.24) is 20.1 Å². The van der Waals surface area contributed by atoms with E-state index in [2.05, 4.69) is 31.8 Å². The number of amides is 2. The molecule has 5 rings (SSSR count). The molecule has 1 unspecified atom stereocenters. The summed E-state index contributed by atoms with van der Waals surface area (Å²) >= 11 is 0. The number of hydrogen-bond donors (Lipinski definition) is 2. The second-order valence-electron chi connectivity index (χ2n) is 8.38. The maximum Gasteiger partial charge on any atom is 0.275 e. The van der Waals surface area contributed by atoms with Crippen LogP contribution in [0.25, 0.3) is 0 Å². The predicted molar refractivity (Wildman–Crippen MR) is 136 cm³/mol. The molecule has 0 saturated carbocycles. The minimum Gasteiger partial charge on any atom is -0.457 e. The zero-order valence-electron chi connectivity index (χ0n) is 19.8. The van der Waals surface area contributed by atoms with Crippen molar-refractivity contribution in [3.05, 3.63) is 102 Å². The number of aliphatic imine (C=N–C) groups is 1. The number of nitrogens with one attached hydrogen (secondary N) is 2. The highest BCUT2D eigenvalue weighted by molar-refractivity contribution is 6.03. The van der Waals surface area contributed by atoms with E-state index in [1.54, 1.807) is 62.0 Å². The zero-order chi connectivity index (χ0) is 25.1. The Balaban J connectivity index is 1.25. The molecule has 36 heavy (non-hydrogen) atoms. The average Bonchev–Trinajstić information content (AvgIpc) is 3.52. The number of aromatic nitrogens is 3. The molecule has 9 heteroatoms. The van der Waals surface area contributed by atoms with Crippen molar-refractivity contribution < 1.29 is 14.3 Å². The Kier molecular flexibility index (Phi) is 6.27. The van der Waals surface area contributed by atoms with Gasteiger partial charge in [-0.15, -0.1) is 0 Å². The van der Waals surface area contributed by atoms with Gasteiger partial charge >= 0.3 is 0 Å². The summed E-state index contributed by atoms with van der Waals surface area (Å²) in [7, 11) is 1.69. The van der Waals surface area contributed by atoms with Gasteiger partial charge in [-0.25, -0.2) is 4.98 Å². The van der Waals surface area contributed by atoms with Crippen LogP contribution in [0, 0.1) is 12.8 Å². The van der Waals surface area contributed by atoms with Crippen LogP contribution in [0.3, 0.4) is 0 Å². The van der Waals surface area contributed by atoms with Crippen molar-refractivity contribution in [2.24, 2.45) is 18.0 Å². The van der Waals surface area contributed by atoms with Crippen LogP contribution in [-0.2, 0) is 7.05 Å². The molecule has 0 saturated heterocycles. The fourth-order valence-corrected chi connectivity index (χ4v) is 3.97. The van der Waals surface area contributed by atoms with E-state index >= 15 is 0 Å². The van der Waals surface area contributed by atoms with Crippen LogP contribution in [0.2, 0.25) is 0 Å². The normalized spacial score (nSPS) is 15.7. The van der Waals surface area contributed by atoms with Crippen molar-refractivity contribution in [3.63, 3.8) is 0 Å². The fourth-order valence-electron chi connectivity index (χ4n) is 3.97. The lowest BCUT2D eigenvalue weighted by Gasteiger charge is -2.15. The molecule has 1 atom stereocenters. The SMILES string of the molecule is Cc1c(Oc2ccnc(NC(=O)c3ccnn3C)c2)cccc1C(=O)NCC1=CC2=NC=CC2C=C1. The van der Waals surface area contributed by atoms with Gasteiger partial charge in [0.05, 0.1) is 5.71 Å². The van der Waals surface area contributed by atoms with Gasteiger partial charge in [-0.05, 0) is 42.8 Å². The van der Waals surface area contributed by atoms with Gasteiger partial charge in [0.1, 0.15) is 23.0 Å². The molecule has 180 valence electrons. The van der Waals surface area contributed by atoms with Crippen molar-refractivity contribution in [1.29, 1.82) is 0 Å². The second-order valence-corrected chi connectivity index (χ2v) is 8.38. The number of allylic oxidation sites excluding steroid dienone is 3. The Labute approximate surface area is 207 Å². The Morgan fingerprint density at radius 1 is 1.11 bits per heavy atom. The highest BCUT2D eigenvalue weighted by Crippen LogP contribution is 2.28. The van der Waals surface area contributed by atoms with E-state index in [-0.39, 0.29) is 17.7 Å². The molecular weight excluding hydrogens is 456 g/mol. The molecule has 9 nitrogen and oxygen atoms in total. The molecule has 1 aromatic carbocycles. The van der Waals surface area contributed by atoms with Gasteiger partial charge in [-0.1, -0.05) is 24.3 Å². The number of aryl methyl sites for hydroxylation is 1. The van der Waals surface area contributed by atoms with E-state index < -0.39 is 0 Å². The second kappa shape index (κ2) is 9.83. The molecule has 0 fully saturated rings. The quantitative estimate of drug-likeness (QED) is 0.532. The summed E-state index contributed by atoms with van der Waals surface area (Å²) in [6.07, 6.45) is 13.0. The lowest BCUT2D eigenvalue weighted by Crippen LogP contribution is -2.27. The standard InChI is InChI=1S/C27H24N6O3/c1-17-21(26(34)30-16-18-6-7-19-8-11-28-22(19)14-18)4-3-5-24(17)36-20-9-12-29-25(15-20)32-27(35)23-10-13-31-33(23)2/h3-15,19H,16H2,1-2H3,(H,30,34)(H,29,32,35). The van der Waals surface area contributed by atoms with Crippen LogP contribution in [0.15, 0.2) is 89.9 Å². The number of anilines is 1. The van der Waals surface area contributed by atoms with Crippen LogP contribution < -0.4 is 15.4 Å². The molecule has 1 aliphatic carbocycles. The molecule has 1 aliphatic heterocycles. The first-order chi connectivity index (χ1) is 17.5. The molecule has 2 aromatic heterocycles. The number of carbonyl (C=O) groups excluding carboxylic acids is 2. The third kappa shape index (κ3) is 4.85. The number of carbonyl (C=O) groups is 2. The summed E-state index contributed by atoms with van der Waals surface area (Å²) in [5.41, 5.74) is 3.60. The van der Waals surface area contributed by atoms with E-state index in [1.165, 1.54) is 4.68 Å². The minimum atomic E-state index is -0.329. The van der Waals surface area contributed by atoms with Gasteiger partial charge in [-0.3, -0.25) is 19.3 Å². The number of nitrogens with zero attached hydrogens (tertiary/aromatic N) is 4. The molecule has 2 amide bonds. The summed E-state index contributed by atoms with van der Waals surface area (Å²) in [4.78, 5) is 33.9. The van der Waals surface area contributed by atoms with Crippen molar-refractivity contribution >= 4 is 23.3 Å². The summed E-state index contributed by atoms with van der Waals surface area (Å²) in [6.45, 7) is 2.23. The summed E-state index contributed by atoms with van der Waals surface area (Å²) in [5, 5.41) is 9.72. The number of hydrogen-bond acceptors (Lipinski definition) is 6. The van der Waals surface area contributed by atoms with E-state index in [1.807, 2.05) is 25.2 Å². The molecule has 0 bridgehead atoms. The third-order valence-corrected chi connectivity index (χ3v) is 5.95. The van der Waals surface area contributed by atoms with Crippen molar-refractivity contribution in [3.8, 4) is 11.5 Å².